The highest BCUT2D eigenvalue weighted by Crippen LogP contribution is 2.48. The number of furan rings is 1. The fraction of sp³-hybridized carbons (Fsp3) is 0. The first-order chi connectivity index (χ1) is 29.2. The largest absolute Gasteiger partial charge is 0.456 e. The maximum Gasteiger partial charge on any atom is 0.136 e. The van der Waals surface area contributed by atoms with E-state index in [0.29, 0.717) is 21.9 Å². The molecule has 9 aromatic carbocycles. The van der Waals surface area contributed by atoms with Crippen molar-refractivity contribution >= 4 is 65.0 Å². The molecule has 0 atom stereocenters. The molecule has 0 radical (unpaired) electrons. The van der Waals surface area contributed by atoms with Crippen molar-refractivity contribution in [2.24, 2.45) is 0 Å². The average Bonchev–Trinajstić information content (AvgIpc) is 3.67. The first-order valence-electron chi connectivity index (χ1n) is 22.1. The predicted octanol–water partition coefficient (Wildman–Crippen LogP) is 13.2. The molecular formula is C46H28O. The third-order valence-electron chi connectivity index (χ3n) is 8.82. The highest BCUT2D eigenvalue weighted by atomic mass is 16.3. The zero-order valence-corrected chi connectivity index (χ0v) is 24.5. The van der Waals surface area contributed by atoms with E-state index in [1.54, 1.807) is 42.5 Å². The average molecular weight is 611 g/mol. The second kappa shape index (κ2) is 10.2. The van der Waals surface area contributed by atoms with Crippen LogP contribution in [-0.4, -0.2) is 0 Å². The summed E-state index contributed by atoms with van der Waals surface area (Å²) in [6.07, 6.45) is 0. The van der Waals surface area contributed by atoms with Crippen molar-refractivity contribution < 1.29 is 23.6 Å². The Balaban J connectivity index is 1.53. The van der Waals surface area contributed by atoms with E-state index in [-0.39, 0.29) is 77.8 Å². The highest BCUT2D eigenvalue weighted by Gasteiger charge is 2.21. The predicted molar refractivity (Wildman–Crippen MR) is 200 cm³/mol. The van der Waals surface area contributed by atoms with Crippen molar-refractivity contribution in [2.45, 2.75) is 0 Å². The smallest absolute Gasteiger partial charge is 0.136 e. The molecule has 1 heteroatoms. The topological polar surface area (TPSA) is 13.1 Å². The lowest BCUT2D eigenvalue weighted by atomic mass is 9.84. The highest BCUT2D eigenvalue weighted by molar-refractivity contribution is 6.27. The molecule has 10 aromatic rings. The van der Waals surface area contributed by atoms with Crippen LogP contribution in [0, 0.1) is 0 Å². The molecule has 1 heterocycles. The molecular weight excluding hydrogens is 569 g/mol. The van der Waals surface area contributed by atoms with Crippen molar-refractivity contribution in [1.82, 2.24) is 0 Å². The molecule has 0 N–H and O–H groups in total. The van der Waals surface area contributed by atoms with E-state index in [2.05, 4.69) is 0 Å². The number of fused-ring (bicyclic) bond motifs is 7. The van der Waals surface area contributed by atoms with Crippen LogP contribution in [0.15, 0.2) is 174 Å². The lowest BCUT2D eigenvalue weighted by Crippen LogP contribution is -1.92. The van der Waals surface area contributed by atoms with Gasteiger partial charge >= 0.3 is 0 Å². The zero-order valence-electron chi connectivity index (χ0n) is 38.5. The minimum Gasteiger partial charge on any atom is -0.456 e. The normalized spacial score (nSPS) is 16.0. The van der Waals surface area contributed by atoms with E-state index in [9.17, 15) is 11.0 Å². The molecule has 0 bridgehead atoms. The summed E-state index contributed by atoms with van der Waals surface area (Å²) < 4.78 is 136. The summed E-state index contributed by atoms with van der Waals surface area (Å²) >= 11 is 0. The zero-order chi connectivity index (χ0) is 43.1. The second-order valence-corrected chi connectivity index (χ2v) is 11.3. The molecule has 0 aliphatic heterocycles. The van der Waals surface area contributed by atoms with E-state index in [4.69, 9.17) is 12.6 Å². The van der Waals surface area contributed by atoms with Crippen molar-refractivity contribution in [2.75, 3.05) is 0 Å². The monoisotopic (exact) mass is 610 g/mol. The third kappa shape index (κ3) is 3.90. The Morgan fingerprint density at radius 3 is 1.60 bits per heavy atom. The van der Waals surface area contributed by atoms with Gasteiger partial charge in [0.05, 0.1) is 19.2 Å². The van der Waals surface area contributed by atoms with Gasteiger partial charge in [-0.3, -0.25) is 0 Å². The van der Waals surface area contributed by atoms with Crippen LogP contribution in [0.2, 0.25) is 0 Å². The maximum atomic E-state index is 9.79. The molecule has 0 fully saturated rings. The van der Waals surface area contributed by atoms with Gasteiger partial charge in [0.1, 0.15) is 11.2 Å². The van der Waals surface area contributed by atoms with Gasteiger partial charge in [-0.15, -0.1) is 0 Å². The van der Waals surface area contributed by atoms with Crippen molar-refractivity contribution in [3.63, 3.8) is 0 Å². The van der Waals surface area contributed by atoms with Gasteiger partial charge in [0.2, 0.25) is 0 Å². The standard InChI is InChI=1S/C46H28O/c1-3-16-32-29(12-1)14-9-22-34(32)31-26-27-42-41(28-31)46-40(24-11-25-43(46)47-42)45-38-20-7-5-18-36(38)44(37-19-6-8-21-39(37)45)35-23-10-15-30-13-2-4-17-33(30)35/h1-28H/i5D,6D,7D,8D,11D,18D,19D,20D,21D,24D,25D,26D,27D,28D. The van der Waals surface area contributed by atoms with Gasteiger partial charge in [-0.25, -0.2) is 0 Å². The van der Waals surface area contributed by atoms with Gasteiger partial charge < -0.3 is 4.42 Å². The van der Waals surface area contributed by atoms with Gasteiger partial charge in [0.25, 0.3) is 0 Å². The van der Waals surface area contributed by atoms with Crippen LogP contribution in [0.5, 0.6) is 0 Å². The fourth-order valence-electron chi connectivity index (χ4n) is 6.81. The molecule has 0 unspecified atom stereocenters. The second-order valence-electron chi connectivity index (χ2n) is 11.3. The van der Waals surface area contributed by atoms with Crippen molar-refractivity contribution in [1.29, 1.82) is 0 Å². The first-order valence-corrected chi connectivity index (χ1v) is 15.1. The summed E-state index contributed by atoms with van der Waals surface area (Å²) in [6.45, 7) is 0. The van der Waals surface area contributed by atoms with Crippen LogP contribution in [0.1, 0.15) is 19.2 Å². The Hall–Kier alpha value is -6.18. The van der Waals surface area contributed by atoms with Gasteiger partial charge in [-0.05, 0) is 94.6 Å². The van der Waals surface area contributed by atoms with Crippen LogP contribution >= 0.6 is 0 Å². The lowest BCUT2D eigenvalue weighted by molar-refractivity contribution is 0.669. The molecule has 218 valence electrons. The lowest BCUT2D eigenvalue weighted by Gasteiger charge is -2.19. The summed E-state index contributed by atoms with van der Waals surface area (Å²) in [4.78, 5) is 0. The van der Waals surface area contributed by atoms with Gasteiger partial charge in [0, 0.05) is 10.8 Å². The van der Waals surface area contributed by atoms with Crippen LogP contribution < -0.4 is 0 Å². The summed E-state index contributed by atoms with van der Waals surface area (Å²) in [5.74, 6) is 0. The van der Waals surface area contributed by atoms with Crippen molar-refractivity contribution in [3.05, 3.63) is 170 Å². The Morgan fingerprint density at radius 2 is 0.936 bits per heavy atom. The Morgan fingerprint density at radius 1 is 0.383 bits per heavy atom. The SMILES string of the molecule is [2H]c1c(-c2cccc3ccccc23)c([2H])c2c(oc3c([2H])c([2H])c([2H])c(-c4c5c([2H])c([2H])c([2H])c([2H])c5c(-c5cccc6ccccc56)c5c([2H])c([2H])c([2H])c([2H])c45)c32)c1[2H]. The Bertz CT molecular complexity index is 3560. The fourth-order valence-corrected chi connectivity index (χ4v) is 6.81. The van der Waals surface area contributed by atoms with Crippen LogP contribution in [-0.2, 0) is 0 Å². The van der Waals surface area contributed by atoms with E-state index in [0.717, 1.165) is 10.8 Å². The van der Waals surface area contributed by atoms with Crippen LogP contribution in [0.4, 0.5) is 0 Å². The molecule has 0 aliphatic carbocycles. The van der Waals surface area contributed by atoms with Gasteiger partial charge in [0.15, 0.2) is 0 Å². The van der Waals surface area contributed by atoms with Gasteiger partial charge in [-0.1, -0.05) is 151 Å². The summed E-state index contributed by atoms with van der Waals surface area (Å²) in [5, 5.41) is 1.92. The summed E-state index contributed by atoms with van der Waals surface area (Å²) in [6, 6.07) is 17.4. The summed E-state index contributed by atoms with van der Waals surface area (Å²) in [7, 11) is 0. The molecule has 0 aliphatic rings. The van der Waals surface area contributed by atoms with E-state index in [1.165, 1.54) is 0 Å². The number of rotatable bonds is 3. The van der Waals surface area contributed by atoms with Gasteiger partial charge in [-0.2, -0.15) is 0 Å². The molecule has 0 saturated carbocycles. The molecule has 10 rings (SSSR count). The molecule has 1 aromatic heterocycles. The minimum absolute atomic E-state index is 0.0424. The molecule has 0 amide bonds. The van der Waals surface area contributed by atoms with E-state index in [1.807, 2.05) is 42.5 Å². The van der Waals surface area contributed by atoms with Crippen LogP contribution in [0.25, 0.3) is 98.4 Å². The summed E-state index contributed by atoms with van der Waals surface area (Å²) in [5.41, 5.74) is -0.183. The molecule has 1 nitrogen and oxygen atoms in total. The number of hydrogen-bond acceptors (Lipinski definition) is 1. The van der Waals surface area contributed by atoms with E-state index < -0.39 is 72.5 Å². The van der Waals surface area contributed by atoms with Crippen LogP contribution in [0.3, 0.4) is 0 Å². The quantitative estimate of drug-likeness (QED) is 0.181. The molecule has 47 heavy (non-hydrogen) atoms. The Labute approximate surface area is 291 Å². The minimum atomic E-state index is -0.680. The van der Waals surface area contributed by atoms with E-state index >= 15 is 0 Å². The maximum absolute atomic E-state index is 9.79. The number of benzene rings is 9. The molecule has 0 spiro atoms. The molecule has 0 saturated heterocycles. The number of hydrogen-bond donors (Lipinski definition) is 0. The third-order valence-corrected chi connectivity index (χ3v) is 8.82. The van der Waals surface area contributed by atoms with Crippen molar-refractivity contribution in [3.8, 4) is 33.4 Å². The first kappa shape index (κ1) is 15.9. The Kier molecular flexibility index (Phi) is 3.44.